The standard InChI is InChI=1S/C19H16F9NO3/c20-17(21,22)15(30)9-16(10-29,11-3-1-5-13(7-11)31-18(23,24)25)12-4-2-6-14(8-12)32-19(26,27)28/h1-8,15,30H,9-10,29H2/t15-/m0/s1. The third-order valence-electron chi connectivity index (χ3n) is 4.51. The van der Waals surface area contributed by atoms with Gasteiger partial charge < -0.3 is 20.3 Å². The summed E-state index contributed by atoms with van der Waals surface area (Å²) in [6, 6.07) is 7.57. The van der Waals surface area contributed by atoms with Crippen LogP contribution in [0.5, 0.6) is 11.5 Å². The lowest BCUT2D eigenvalue weighted by Crippen LogP contribution is -2.43. The maximum atomic E-state index is 13.1. The molecule has 0 aliphatic rings. The minimum absolute atomic E-state index is 0.255. The van der Waals surface area contributed by atoms with Gasteiger partial charge in [-0.3, -0.25) is 0 Å². The fraction of sp³-hybridized carbons (Fsp3) is 0.368. The molecule has 1 atom stereocenters. The van der Waals surface area contributed by atoms with Gasteiger partial charge >= 0.3 is 18.9 Å². The Morgan fingerprint density at radius 2 is 1.16 bits per heavy atom. The van der Waals surface area contributed by atoms with Gasteiger partial charge in [-0.1, -0.05) is 24.3 Å². The van der Waals surface area contributed by atoms with E-state index in [1.165, 1.54) is 0 Å². The average Bonchev–Trinajstić information content (AvgIpc) is 2.63. The number of hydrogen-bond acceptors (Lipinski definition) is 4. The van der Waals surface area contributed by atoms with Crippen LogP contribution in [0.2, 0.25) is 0 Å². The van der Waals surface area contributed by atoms with Crippen LogP contribution in [0.15, 0.2) is 48.5 Å². The van der Waals surface area contributed by atoms with Crippen LogP contribution in [0, 0.1) is 0 Å². The van der Waals surface area contributed by atoms with Crippen molar-refractivity contribution in [1.29, 1.82) is 0 Å². The van der Waals surface area contributed by atoms with Crippen molar-refractivity contribution in [3.05, 3.63) is 59.7 Å². The zero-order valence-electron chi connectivity index (χ0n) is 15.9. The highest BCUT2D eigenvalue weighted by atomic mass is 19.4. The lowest BCUT2D eigenvalue weighted by Gasteiger charge is -2.36. The van der Waals surface area contributed by atoms with Gasteiger partial charge in [0.05, 0.1) is 0 Å². The van der Waals surface area contributed by atoms with Gasteiger partial charge in [0, 0.05) is 12.0 Å². The molecule has 0 spiro atoms. The summed E-state index contributed by atoms with van der Waals surface area (Å²) in [7, 11) is 0. The van der Waals surface area contributed by atoms with E-state index in [2.05, 4.69) is 9.47 Å². The third kappa shape index (κ3) is 6.66. The number of hydrogen-bond donors (Lipinski definition) is 2. The summed E-state index contributed by atoms with van der Waals surface area (Å²) >= 11 is 0. The molecule has 0 saturated carbocycles. The lowest BCUT2D eigenvalue weighted by molar-refractivity contribution is -0.275. The largest absolute Gasteiger partial charge is 0.573 e. The van der Waals surface area contributed by atoms with Crippen LogP contribution in [0.25, 0.3) is 0 Å². The second-order valence-electron chi connectivity index (χ2n) is 6.70. The van der Waals surface area contributed by atoms with Gasteiger partial charge in [-0.2, -0.15) is 13.2 Å². The van der Waals surface area contributed by atoms with E-state index < -0.39 is 54.9 Å². The summed E-state index contributed by atoms with van der Waals surface area (Å²) in [6.07, 6.45) is -19.6. The van der Waals surface area contributed by atoms with Gasteiger partial charge in [-0.25, -0.2) is 0 Å². The molecule has 0 aliphatic carbocycles. The van der Waals surface area contributed by atoms with Crippen molar-refractivity contribution >= 4 is 0 Å². The molecular weight excluding hydrogens is 461 g/mol. The van der Waals surface area contributed by atoms with E-state index in [-0.39, 0.29) is 11.1 Å². The molecule has 32 heavy (non-hydrogen) atoms. The molecule has 0 aliphatic heterocycles. The quantitative estimate of drug-likeness (QED) is 0.549. The minimum Gasteiger partial charge on any atom is -0.406 e. The van der Waals surface area contributed by atoms with Gasteiger partial charge in [-0.15, -0.1) is 26.3 Å². The number of ether oxygens (including phenoxy) is 2. The number of halogens is 9. The van der Waals surface area contributed by atoms with E-state index >= 15 is 0 Å². The van der Waals surface area contributed by atoms with Gasteiger partial charge in [0.15, 0.2) is 6.10 Å². The smallest absolute Gasteiger partial charge is 0.406 e. The molecule has 0 aromatic heterocycles. The highest BCUT2D eigenvalue weighted by molar-refractivity contribution is 5.46. The van der Waals surface area contributed by atoms with Crippen molar-refractivity contribution in [1.82, 2.24) is 0 Å². The minimum atomic E-state index is -5.14. The molecule has 4 nitrogen and oxygen atoms in total. The fourth-order valence-electron chi connectivity index (χ4n) is 3.15. The number of rotatable bonds is 7. The summed E-state index contributed by atoms with van der Waals surface area (Å²) in [5, 5.41) is 9.68. The molecular formula is C19H16F9NO3. The predicted octanol–water partition coefficient (Wildman–Crippen LogP) is 5.04. The average molecular weight is 477 g/mol. The monoisotopic (exact) mass is 477 g/mol. The summed E-state index contributed by atoms with van der Waals surface area (Å²) in [5.74, 6) is -1.59. The lowest BCUT2D eigenvalue weighted by atomic mass is 9.70. The Balaban J connectivity index is 2.66. The number of nitrogens with two attached hydrogens (primary N) is 1. The molecule has 0 heterocycles. The Kier molecular flexibility index (Phi) is 7.24. The van der Waals surface area contributed by atoms with Gasteiger partial charge in [0.2, 0.25) is 0 Å². The second kappa shape index (κ2) is 9.06. The molecule has 0 unspecified atom stereocenters. The second-order valence-corrected chi connectivity index (χ2v) is 6.70. The van der Waals surface area contributed by atoms with E-state index in [4.69, 9.17) is 5.73 Å². The molecule has 0 bridgehead atoms. The van der Waals surface area contributed by atoms with Crippen molar-refractivity contribution in [3.63, 3.8) is 0 Å². The number of aliphatic hydroxyl groups excluding tert-OH is 1. The molecule has 2 aromatic rings. The first-order valence-corrected chi connectivity index (χ1v) is 8.73. The van der Waals surface area contributed by atoms with Crippen LogP contribution in [0.4, 0.5) is 39.5 Å². The number of alkyl halides is 9. The van der Waals surface area contributed by atoms with E-state index in [0.29, 0.717) is 0 Å². The predicted molar refractivity (Wildman–Crippen MR) is 92.8 cm³/mol. The topological polar surface area (TPSA) is 64.7 Å². The highest BCUT2D eigenvalue weighted by Crippen LogP contribution is 2.42. The van der Waals surface area contributed by atoms with Crippen LogP contribution < -0.4 is 15.2 Å². The maximum Gasteiger partial charge on any atom is 0.573 e. The molecule has 0 fully saturated rings. The molecule has 0 saturated heterocycles. The molecule has 178 valence electrons. The first kappa shape index (κ1) is 25.6. The van der Waals surface area contributed by atoms with Crippen molar-refractivity contribution in [2.45, 2.75) is 36.8 Å². The molecule has 2 rings (SSSR count). The van der Waals surface area contributed by atoms with Crippen molar-refractivity contribution in [2.24, 2.45) is 5.73 Å². The van der Waals surface area contributed by atoms with Gasteiger partial charge in [0.1, 0.15) is 11.5 Å². The van der Waals surface area contributed by atoms with Crippen LogP contribution in [0.1, 0.15) is 17.5 Å². The van der Waals surface area contributed by atoms with Crippen molar-refractivity contribution in [3.8, 4) is 11.5 Å². The first-order chi connectivity index (χ1) is 14.6. The zero-order chi connectivity index (χ0) is 24.4. The summed E-state index contributed by atoms with van der Waals surface area (Å²) in [6.45, 7) is -0.717. The Morgan fingerprint density at radius 1 is 0.750 bits per heavy atom. The Hall–Kier alpha value is -2.67. The van der Waals surface area contributed by atoms with E-state index in [1.807, 2.05) is 0 Å². The third-order valence-corrected chi connectivity index (χ3v) is 4.51. The first-order valence-electron chi connectivity index (χ1n) is 8.73. The van der Waals surface area contributed by atoms with E-state index in [0.717, 1.165) is 48.5 Å². The Labute approximate surface area is 175 Å². The van der Waals surface area contributed by atoms with Crippen molar-refractivity contribution in [2.75, 3.05) is 6.54 Å². The van der Waals surface area contributed by atoms with Crippen LogP contribution in [-0.4, -0.2) is 36.7 Å². The van der Waals surface area contributed by atoms with Gasteiger partial charge in [-0.05, 0) is 41.8 Å². The molecule has 3 N–H and O–H groups in total. The Bertz CT molecular complexity index is 850. The maximum absolute atomic E-state index is 13.1. The number of benzene rings is 2. The summed E-state index contributed by atoms with van der Waals surface area (Å²) in [5.41, 5.74) is 3.15. The fourth-order valence-corrected chi connectivity index (χ4v) is 3.15. The van der Waals surface area contributed by atoms with Crippen molar-refractivity contribution < 1.29 is 54.1 Å². The molecule has 0 radical (unpaired) electrons. The van der Waals surface area contributed by atoms with E-state index in [9.17, 15) is 44.6 Å². The van der Waals surface area contributed by atoms with E-state index in [1.54, 1.807) is 0 Å². The normalized spacial score (nSPS) is 14.2. The molecule has 0 amide bonds. The zero-order valence-corrected chi connectivity index (χ0v) is 15.9. The Morgan fingerprint density at radius 3 is 1.47 bits per heavy atom. The van der Waals surface area contributed by atoms with Crippen LogP contribution in [-0.2, 0) is 5.41 Å². The van der Waals surface area contributed by atoms with Gasteiger partial charge in [0.25, 0.3) is 0 Å². The highest BCUT2D eigenvalue weighted by Gasteiger charge is 2.46. The summed E-state index contributed by atoms with van der Waals surface area (Å²) < 4.78 is 122. The number of aliphatic hydroxyl groups is 1. The summed E-state index contributed by atoms with van der Waals surface area (Å²) in [4.78, 5) is 0. The SMILES string of the molecule is NCC(C[C@H](O)C(F)(F)F)(c1cccc(OC(F)(F)F)c1)c1cccc(OC(F)(F)F)c1. The van der Waals surface area contributed by atoms with Crippen LogP contribution in [0.3, 0.4) is 0 Å². The molecule has 13 heteroatoms. The van der Waals surface area contributed by atoms with Crippen LogP contribution >= 0.6 is 0 Å². The molecule has 2 aromatic carbocycles.